The number of rotatable bonds is 4. The molecule has 0 aromatic carbocycles. The van der Waals surface area contributed by atoms with Gasteiger partial charge in [-0.3, -0.25) is 9.79 Å². The highest BCUT2D eigenvalue weighted by Gasteiger charge is 2.30. The molecule has 16 heavy (non-hydrogen) atoms. The topological polar surface area (TPSA) is 41.5 Å². The van der Waals surface area contributed by atoms with Crippen LogP contribution in [0.4, 0.5) is 0 Å². The maximum atomic E-state index is 10.0. The maximum absolute atomic E-state index is 10.0. The second-order valence-corrected chi connectivity index (χ2v) is 4.45. The minimum absolute atomic E-state index is 0.408. The van der Waals surface area contributed by atoms with Gasteiger partial charge in [0.2, 0.25) is 6.41 Å². The van der Waals surface area contributed by atoms with Gasteiger partial charge < -0.3 is 5.32 Å². The van der Waals surface area contributed by atoms with Crippen LogP contribution in [0.5, 0.6) is 0 Å². The summed E-state index contributed by atoms with van der Waals surface area (Å²) in [5.74, 6) is 0.723. The molecule has 0 aromatic heterocycles. The van der Waals surface area contributed by atoms with E-state index in [2.05, 4.69) is 28.5 Å². The van der Waals surface area contributed by atoms with Crippen molar-refractivity contribution in [1.29, 1.82) is 0 Å². The van der Waals surface area contributed by atoms with E-state index < -0.39 is 0 Å². The quantitative estimate of drug-likeness (QED) is 0.439. The van der Waals surface area contributed by atoms with Crippen LogP contribution in [0.3, 0.4) is 0 Å². The third-order valence-electron chi connectivity index (χ3n) is 3.35. The zero-order valence-electron chi connectivity index (χ0n) is 9.43. The Morgan fingerprint density at radius 1 is 1.44 bits per heavy atom. The van der Waals surface area contributed by atoms with Gasteiger partial charge in [0, 0.05) is 0 Å². The van der Waals surface area contributed by atoms with Crippen molar-refractivity contribution >= 4 is 12.7 Å². The van der Waals surface area contributed by atoms with Crippen LogP contribution in [-0.2, 0) is 4.79 Å². The average molecular weight is 218 g/mol. The summed E-state index contributed by atoms with van der Waals surface area (Å²) in [4.78, 5) is 14.3. The molecule has 86 valence electrons. The highest BCUT2D eigenvalue weighted by molar-refractivity contribution is 5.71. The molecule has 1 saturated carbocycles. The van der Waals surface area contributed by atoms with Gasteiger partial charge in [0.15, 0.2) is 0 Å². The van der Waals surface area contributed by atoms with Crippen molar-refractivity contribution in [1.82, 2.24) is 5.32 Å². The molecule has 2 rings (SSSR count). The molecule has 0 atom stereocenters. The van der Waals surface area contributed by atoms with Gasteiger partial charge in [-0.25, -0.2) is 0 Å². The Kier molecular flexibility index (Phi) is 3.91. The average Bonchev–Trinajstić information content (AvgIpc) is 2.50. The summed E-state index contributed by atoms with van der Waals surface area (Å²) in [6.45, 7) is 0. The third-order valence-corrected chi connectivity index (χ3v) is 3.35. The molecule has 0 radical (unpaired) electrons. The summed E-state index contributed by atoms with van der Waals surface area (Å²) < 4.78 is 0. The second kappa shape index (κ2) is 5.64. The van der Waals surface area contributed by atoms with Crippen molar-refractivity contribution in [2.24, 2.45) is 10.9 Å². The first kappa shape index (κ1) is 11.1. The van der Waals surface area contributed by atoms with Crippen LogP contribution in [0.1, 0.15) is 32.1 Å². The SMILES string of the molecule is O=CNC=NC1CC(C2=CC=CCCC2)C1. The Morgan fingerprint density at radius 3 is 3.12 bits per heavy atom. The predicted octanol–water partition coefficient (Wildman–Crippen LogP) is 2.21. The van der Waals surface area contributed by atoms with Crippen molar-refractivity contribution in [3.05, 3.63) is 23.8 Å². The molecular weight excluding hydrogens is 200 g/mol. The van der Waals surface area contributed by atoms with Crippen LogP contribution in [0.25, 0.3) is 0 Å². The molecule has 0 aromatic rings. The van der Waals surface area contributed by atoms with Gasteiger partial charge in [0.1, 0.15) is 0 Å². The van der Waals surface area contributed by atoms with E-state index in [4.69, 9.17) is 0 Å². The zero-order chi connectivity index (χ0) is 11.2. The van der Waals surface area contributed by atoms with E-state index in [1.807, 2.05) is 0 Å². The predicted molar refractivity (Wildman–Crippen MR) is 65.3 cm³/mol. The molecule has 0 spiro atoms. The number of hydrogen-bond donors (Lipinski definition) is 1. The van der Waals surface area contributed by atoms with Gasteiger partial charge >= 0.3 is 0 Å². The summed E-state index contributed by atoms with van der Waals surface area (Å²) in [6, 6.07) is 0.408. The second-order valence-electron chi connectivity index (χ2n) is 4.45. The van der Waals surface area contributed by atoms with Gasteiger partial charge in [0.05, 0.1) is 12.4 Å². The lowest BCUT2D eigenvalue weighted by atomic mass is 9.74. The van der Waals surface area contributed by atoms with Gasteiger partial charge in [-0.05, 0) is 38.0 Å². The van der Waals surface area contributed by atoms with Gasteiger partial charge in [-0.15, -0.1) is 0 Å². The molecule has 2 aliphatic carbocycles. The fourth-order valence-corrected chi connectivity index (χ4v) is 2.33. The number of nitrogens with zero attached hydrogens (tertiary/aromatic N) is 1. The fraction of sp³-hybridized carbons (Fsp3) is 0.538. The molecule has 3 heteroatoms. The maximum Gasteiger partial charge on any atom is 0.212 e. The molecule has 0 heterocycles. The number of nitrogens with one attached hydrogen (secondary N) is 1. The lowest BCUT2D eigenvalue weighted by Gasteiger charge is -2.34. The van der Waals surface area contributed by atoms with Crippen LogP contribution in [-0.4, -0.2) is 18.8 Å². The molecular formula is C13H18N2O. The first-order chi connectivity index (χ1) is 7.90. The van der Waals surface area contributed by atoms with E-state index >= 15 is 0 Å². The molecule has 0 bridgehead atoms. The van der Waals surface area contributed by atoms with E-state index in [1.54, 1.807) is 5.57 Å². The Balaban J connectivity index is 1.77. The third kappa shape index (κ3) is 2.81. The Morgan fingerprint density at radius 2 is 2.31 bits per heavy atom. The Hall–Kier alpha value is -1.38. The summed E-state index contributed by atoms with van der Waals surface area (Å²) in [7, 11) is 0. The van der Waals surface area contributed by atoms with Crippen molar-refractivity contribution < 1.29 is 4.79 Å². The minimum atomic E-state index is 0.408. The van der Waals surface area contributed by atoms with Crippen molar-refractivity contribution in [3.8, 4) is 0 Å². The summed E-state index contributed by atoms with van der Waals surface area (Å²) >= 11 is 0. The van der Waals surface area contributed by atoms with E-state index in [0.717, 1.165) is 18.8 Å². The van der Waals surface area contributed by atoms with Crippen molar-refractivity contribution in [2.45, 2.75) is 38.1 Å². The highest BCUT2D eigenvalue weighted by Crippen LogP contribution is 2.38. The molecule has 1 amide bonds. The fourth-order valence-electron chi connectivity index (χ4n) is 2.33. The molecule has 3 nitrogen and oxygen atoms in total. The smallest absolute Gasteiger partial charge is 0.212 e. The van der Waals surface area contributed by atoms with Gasteiger partial charge in [-0.1, -0.05) is 23.8 Å². The summed E-state index contributed by atoms with van der Waals surface area (Å²) in [5.41, 5.74) is 1.59. The summed E-state index contributed by atoms with van der Waals surface area (Å²) in [5, 5.41) is 2.45. The van der Waals surface area contributed by atoms with Gasteiger partial charge in [0.25, 0.3) is 0 Å². The molecule has 0 unspecified atom stereocenters. The lowest BCUT2D eigenvalue weighted by Crippen LogP contribution is -2.29. The normalized spacial score (nSPS) is 29.4. The van der Waals surface area contributed by atoms with Crippen LogP contribution >= 0.6 is 0 Å². The molecule has 1 fully saturated rings. The summed E-state index contributed by atoms with van der Waals surface area (Å²) in [6.07, 6.45) is 14.9. The van der Waals surface area contributed by atoms with Crippen molar-refractivity contribution in [3.63, 3.8) is 0 Å². The van der Waals surface area contributed by atoms with Crippen LogP contribution in [0.2, 0.25) is 0 Å². The number of carbonyl (C=O) groups excluding carboxylic acids is 1. The van der Waals surface area contributed by atoms with Crippen LogP contribution < -0.4 is 5.32 Å². The molecule has 0 saturated heterocycles. The molecule has 2 aliphatic rings. The number of allylic oxidation sites excluding steroid dienone is 4. The van der Waals surface area contributed by atoms with Crippen LogP contribution in [0, 0.1) is 5.92 Å². The zero-order valence-corrected chi connectivity index (χ0v) is 9.43. The van der Waals surface area contributed by atoms with E-state index in [1.165, 1.54) is 25.6 Å². The largest absolute Gasteiger partial charge is 0.320 e. The number of hydrogen-bond acceptors (Lipinski definition) is 2. The first-order valence-corrected chi connectivity index (χ1v) is 5.97. The number of aliphatic imine (C=N–C) groups is 1. The van der Waals surface area contributed by atoms with Crippen LogP contribution in [0.15, 0.2) is 28.8 Å². The van der Waals surface area contributed by atoms with E-state index in [9.17, 15) is 4.79 Å². The Bertz CT molecular complexity index is 325. The molecule has 1 N–H and O–H groups in total. The van der Waals surface area contributed by atoms with E-state index in [0.29, 0.717) is 12.5 Å². The number of carbonyl (C=O) groups is 1. The van der Waals surface area contributed by atoms with Gasteiger partial charge in [-0.2, -0.15) is 0 Å². The standard InChI is InChI=1S/C13H18N2O/c16-10-14-9-15-13-7-12(8-13)11-5-3-1-2-4-6-11/h1,3,5,9-10,12-13H,2,4,6-8H2,(H,14,15,16). The monoisotopic (exact) mass is 218 g/mol. The molecule has 0 aliphatic heterocycles. The number of amides is 1. The first-order valence-electron chi connectivity index (χ1n) is 5.97. The Labute approximate surface area is 96.3 Å². The minimum Gasteiger partial charge on any atom is -0.320 e. The lowest BCUT2D eigenvalue weighted by molar-refractivity contribution is -0.108. The van der Waals surface area contributed by atoms with E-state index in [-0.39, 0.29) is 0 Å². The van der Waals surface area contributed by atoms with Crippen molar-refractivity contribution in [2.75, 3.05) is 0 Å². The highest BCUT2D eigenvalue weighted by atomic mass is 16.1.